The van der Waals surface area contributed by atoms with E-state index in [9.17, 15) is 23.3 Å². The number of para-hydroxylation sites is 2. The van der Waals surface area contributed by atoms with Gasteiger partial charge in [0.1, 0.15) is 5.69 Å². The summed E-state index contributed by atoms with van der Waals surface area (Å²) in [5.74, 6) is -0.458. The molecule has 4 rings (SSSR count). The largest absolute Gasteiger partial charge is 0.366 e. The Morgan fingerprint density at radius 2 is 1.65 bits per heavy atom. The van der Waals surface area contributed by atoms with E-state index in [0.29, 0.717) is 37.3 Å². The van der Waals surface area contributed by atoms with Gasteiger partial charge < -0.3 is 10.2 Å². The van der Waals surface area contributed by atoms with Crippen LogP contribution < -0.4 is 14.9 Å². The highest BCUT2D eigenvalue weighted by Gasteiger charge is 2.28. The van der Waals surface area contributed by atoms with E-state index in [1.165, 1.54) is 42.7 Å². The minimum Gasteiger partial charge on any atom is -0.366 e. The van der Waals surface area contributed by atoms with Gasteiger partial charge in [0, 0.05) is 43.2 Å². The molecule has 11 nitrogen and oxygen atoms in total. The average molecular weight is 483 g/mol. The Morgan fingerprint density at radius 1 is 1.00 bits per heavy atom. The number of aromatic nitrogens is 2. The molecule has 0 saturated carbocycles. The number of nitrogens with one attached hydrogen (secondary N) is 2. The third-order valence-corrected chi connectivity index (χ3v) is 6.85. The molecule has 2 aromatic carbocycles. The maximum Gasteiger partial charge on any atom is 0.292 e. The Hall–Kier alpha value is -4.06. The number of nitro groups is 1. The van der Waals surface area contributed by atoms with Gasteiger partial charge >= 0.3 is 0 Å². The lowest BCUT2D eigenvalue weighted by Gasteiger charge is -2.32. The predicted octanol–water partition coefficient (Wildman–Crippen LogP) is 3.04. The van der Waals surface area contributed by atoms with Crippen molar-refractivity contribution in [1.82, 2.24) is 9.97 Å². The number of benzene rings is 2. The van der Waals surface area contributed by atoms with Crippen LogP contribution in [-0.4, -0.2) is 42.3 Å². The minimum absolute atomic E-state index is 0.00992. The molecule has 0 atom stereocenters. The normalized spacial score (nSPS) is 14.4. The molecule has 176 valence electrons. The van der Waals surface area contributed by atoms with Crippen LogP contribution in [0.2, 0.25) is 0 Å². The van der Waals surface area contributed by atoms with Gasteiger partial charge in [-0.25, -0.2) is 23.1 Å². The second-order valence-corrected chi connectivity index (χ2v) is 9.38. The summed E-state index contributed by atoms with van der Waals surface area (Å²) in [6, 6.07) is 14.0. The second kappa shape index (κ2) is 9.83. The molecule has 1 aliphatic heterocycles. The fourth-order valence-electron chi connectivity index (χ4n) is 3.76. The minimum atomic E-state index is -3.86. The Labute approximate surface area is 196 Å². The van der Waals surface area contributed by atoms with Crippen LogP contribution in [0.3, 0.4) is 0 Å². The van der Waals surface area contributed by atoms with E-state index >= 15 is 0 Å². The Kier molecular flexibility index (Phi) is 6.68. The Bertz CT molecular complexity index is 1280. The van der Waals surface area contributed by atoms with Gasteiger partial charge in [-0.05, 0) is 49.2 Å². The average Bonchev–Trinajstić information content (AvgIpc) is 2.85. The number of sulfonamides is 1. The summed E-state index contributed by atoms with van der Waals surface area (Å²) < 4.78 is 27.2. The van der Waals surface area contributed by atoms with Crippen molar-refractivity contribution in [3.05, 3.63) is 77.1 Å². The number of hydrogen-bond donors (Lipinski definition) is 2. The van der Waals surface area contributed by atoms with Gasteiger partial charge in [0.15, 0.2) is 0 Å². The first-order valence-electron chi connectivity index (χ1n) is 10.5. The quantitative estimate of drug-likeness (QED) is 0.386. The summed E-state index contributed by atoms with van der Waals surface area (Å²) in [7, 11) is -3.86. The summed E-state index contributed by atoms with van der Waals surface area (Å²) in [6.07, 6.45) is 3.95. The molecule has 1 amide bonds. The smallest absolute Gasteiger partial charge is 0.292 e. The molecule has 1 saturated heterocycles. The molecule has 0 spiro atoms. The van der Waals surface area contributed by atoms with E-state index in [1.807, 2.05) is 4.90 Å². The Morgan fingerprint density at radius 3 is 2.29 bits per heavy atom. The number of piperidine rings is 1. The van der Waals surface area contributed by atoms with Crippen LogP contribution in [0.15, 0.2) is 71.9 Å². The zero-order valence-electron chi connectivity index (χ0n) is 18.0. The topological polar surface area (TPSA) is 147 Å². The number of carbonyl (C=O) groups is 1. The number of hydrogen-bond acceptors (Lipinski definition) is 8. The third-order valence-electron chi connectivity index (χ3n) is 5.51. The van der Waals surface area contributed by atoms with Crippen LogP contribution in [0.25, 0.3) is 0 Å². The van der Waals surface area contributed by atoms with Crippen molar-refractivity contribution < 1.29 is 18.1 Å². The van der Waals surface area contributed by atoms with Crippen molar-refractivity contribution >= 4 is 38.9 Å². The van der Waals surface area contributed by atoms with Crippen LogP contribution in [0.1, 0.15) is 12.8 Å². The lowest BCUT2D eigenvalue weighted by Crippen LogP contribution is -2.38. The summed E-state index contributed by atoms with van der Waals surface area (Å²) in [5.41, 5.74) is 1.08. The summed E-state index contributed by atoms with van der Waals surface area (Å²) in [6.45, 7) is 1.04. The van der Waals surface area contributed by atoms with Crippen LogP contribution in [-0.2, 0) is 14.8 Å². The SMILES string of the molecule is O=C(Nc1ccc(S(=O)(=O)Nc2ncccn2)cc1)C1CCN(c2ccccc2[N+](=O)[O-])CC1. The molecule has 12 heteroatoms. The lowest BCUT2D eigenvalue weighted by atomic mass is 9.95. The molecule has 0 bridgehead atoms. The first-order chi connectivity index (χ1) is 16.3. The highest BCUT2D eigenvalue weighted by atomic mass is 32.2. The van der Waals surface area contributed by atoms with E-state index in [4.69, 9.17) is 0 Å². The van der Waals surface area contributed by atoms with Crippen LogP contribution in [0, 0.1) is 16.0 Å². The zero-order valence-corrected chi connectivity index (χ0v) is 18.8. The van der Waals surface area contributed by atoms with Gasteiger partial charge in [-0.1, -0.05) is 12.1 Å². The number of carbonyl (C=O) groups excluding carboxylic acids is 1. The molecule has 2 heterocycles. The highest BCUT2D eigenvalue weighted by Crippen LogP contribution is 2.31. The number of anilines is 3. The van der Waals surface area contributed by atoms with E-state index < -0.39 is 14.9 Å². The molecule has 34 heavy (non-hydrogen) atoms. The number of amides is 1. The molecule has 0 radical (unpaired) electrons. The van der Waals surface area contributed by atoms with Gasteiger partial charge in [-0.15, -0.1) is 0 Å². The maximum absolute atomic E-state index is 12.7. The lowest BCUT2D eigenvalue weighted by molar-refractivity contribution is -0.384. The van der Waals surface area contributed by atoms with Crippen molar-refractivity contribution in [3.63, 3.8) is 0 Å². The molecule has 3 aromatic rings. The van der Waals surface area contributed by atoms with Gasteiger partial charge in [0.05, 0.1) is 9.82 Å². The zero-order chi connectivity index (χ0) is 24.1. The fourth-order valence-corrected chi connectivity index (χ4v) is 4.72. The van der Waals surface area contributed by atoms with Crippen molar-refractivity contribution in [1.29, 1.82) is 0 Å². The molecule has 2 N–H and O–H groups in total. The monoisotopic (exact) mass is 482 g/mol. The third kappa shape index (κ3) is 5.29. The Balaban J connectivity index is 1.35. The van der Waals surface area contributed by atoms with Crippen molar-refractivity contribution in [2.75, 3.05) is 28.0 Å². The number of nitro benzene ring substituents is 1. The van der Waals surface area contributed by atoms with E-state index in [-0.39, 0.29) is 28.4 Å². The number of nitrogens with zero attached hydrogens (tertiary/aromatic N) is 4. The van der Waals surface area contributed by atoms with Crippen molar-refractivity contribution in [2.24, 2.45) is 5.92 Å². The van der Waals surface area contributed by atoms with E-state index in [0.717, 1.165) is 0 Å². The van der Waals surface area contributed by atoms with Crippen LogP contribution in [0.4, 0.5) is 23.0 Å². The standard InChI is InChI=1S/C22H22N6O5S/c29-21(16-10-14-27(15-11-16)19-4-1-2-5-20(19)28(30)31)25-17-6-8-18(9-7-17)34(32,33)26-22-23-12-3-13-24-22/h1-9,12-13,16H,10-11,14-15H2,(H,25,29)(H,23,24,26). The second-order valence-electron chi connectivity index (χ2n) is 7.70. The maximum atomic E-state index is 12.7. The van der Waals surface area contributed by atoms with E-state index in [1.54, 1.807) is 24.3 Å². The van der Waals surface area contributed by atoms with Gasteiger partial charge in [0.25, 0.3) is 15.7 Å². The van der Waals surface area contributed by atoms with Gasteiger partial charge in [-0.2, -0.15) is 0 Å². The fraction of sp³-hybridized carbons (Fsp3) is 0.227. The molecule has 1 aromatic heterocycles. The van der Waals surface area contributed by atoms with Crippen molar-refractivity contribution in [3.8, 4) is 0 Å². The number of rotatable bonds is 7. The summed E-state index contributed by atoms with van der Waals surface area (Å²) >= 11 is 0. The van der Waals surface area contributed by atoms with Crippen molar-refractivity contribution in [2.45, 2.75) is 17.7 Å². The van der Waals surface area contributed by atoms with Crippen LogP contribution in [0.5, 0.6) is 0 Å². The molecular weight excluding hydrogens is 460 g/mol. The first-order valence-corrected chi connectivity index (χ1v) is 12.0. The van der Waals surface area contributed by atoms with Gasteiger partial charge in [-0.3, -0.25) is 14.9 Å². The molecule has 0 unspecified atom stereocenters. The summed E-state index contributed by atoms with van der Waals surface area (Å²) in [5, 5.41) is 14.1. The summed E-state index contributed by atoms with van der Waals surface area (Å²) in [4.78, 5) is 33.2. The molecule has 0 aliphatic carbocycles. The first kappa shape index (κ1) is 23.1. The van der Waals surface area contributed by atoms with Gasteiger partial charge in [0.2, 0.25) is 11.9 Å². The molecule has 1 aliphatic rings. The molecular formula is C22H22N6O5S. The highest BCUT2D eigenvalue weighted by molar-refractivity contribution is 7.92. The van der Waals surface area contributed by atoms with Crippen LogP contribution >= 0.6 is 0 Å². The molecule has 1 fully saturated rings. The van der Waals surface area contributed by atoms with E-state index in [2.05, 4.69) is 20.0 Å². The predicted molar refractivity (Wildman–Crippen MR) is 126 cm³/mol.